The molecule has 7 N–H and O–H groups in total. The minimum absolute atomic E-state index is 0.0308. The second-order valence-electron chi connectivity index (χ2n) is 11.9. The van der Waals surface area contributed by atoms with Crippen LogP contribution >= 0.6 is 0 Å². The van der Waals surface area contributed by atoms with Gasteiger partial charge in [-0.25, -0.2) is 8.78 Å². The highest BCUT2D eigenvalue weighted by molar-refractivity contribution is 6.25. The van der Waals surface area contributed by atoms with Crippen LogP contribution in [0.3, 0.4) is 0 Å². The van der Waals surface area contributed by atoms with Crippen molar-refractivity contribution in [3.05, 3.63) is 80.8 Å². The summed E-state index contributed by atoms with van der Waals surface area (Å²) in [7, 11) is 6.60. The van der Waals surface area contributed by atoms with Crippen LogP contribution in [-0.4, -0.2) is 82.6 Å². The molecule has 4 atom stereocenters. The molecule has 3 aliphatic carbocycles. The van der Waals surface area contributed by atoms with E-state index in [4.69, 9.17) is 5.73 Å². The van der Waals surface area contributed by atoms with Crippen molar-refractivity contribution in [1.82, 2.24) is 10.2 Å². The van der Waals surface area contributed by atoms with E-state index in [-0.39, 0.29) is 48.2 Å². The van der Waals surface area contributed by atoms with Crippen LogP contribution in [0.15, 0.2) is 46.9 Å². The minimum atomic E-state index is -2.74. The average Bonchev–Trinajstić information content (AvgIpc) is 2.92. The number of nitrogens with zero attached hydrogens (tertiary/aromatic N) is 2. The number of nitrogens with two attached hydrogens (primary N) is 1. The average molecular weight is 613 g/mol. The number of carbonyl (C=O) groups excluding carboxylic acids is 3. The summed E-state index contributed by atoms with van der Waals surface area (Å²) >= 11 is 0. The Morgan fingerprint density at radius 3 is 2.30 bits per heavy atom. The number of phenolic OH excluding ortho intramolecular Hbond substituents is 1. The Bertz CT molecular complexity index is 1650. The smallest absolute Gasteiger partial charge is 0.255 e. The van der Waals surface area contributed by atoms with Gasteiger partial charge in [0.15, 0.2) is 11.4 Å². The number of carbonyl (C=O) groups is 3. The maximum atomic E-state index is 14.1. The van der Waals surface area contributed by atoms with E-state index in [1.54, 1.807) is 39.2 Å². The minimum Gasteiger partial charge on any atom is -0.510 e. The lowest BCUT2D eigenvalue weighted by Gasteiger charge is -2.50. The van der Waals surface area contributed by atoms with Crippen LogP contribution < -0.4 is 16.0 Å². The van der Waals surface area contributed by atoms with E-state index in [9.17, 15) is 43.6 Å². The number of benzene rings is 2. The van der Waals surface area contributed by atoms with Crippen molar-refractivity contribution >= 4 is 23.2 Å². The number of nitrogens with one attached hydrogen (secondary N) is 1. The molecule has 0 radical (unpaired) electrons. The van der Waals surface area contributed by atoms with Gasteiger partial charge in [0.2, 0.25) is 5.78 Å². The fraction of sp³-hybridized carbons (Fsp3) is 0.387. The van der Waals surface area contributed by atoms with Gasteiger partial charge in [-0.05, 0) is 56.6 Å². The van der Waals surface area contributed by atoms with Gasteiger partial charge in [-0.15, -0.1) is 0 Å². The molecule has 234 valence electrons. The molecule has 2 aromatic rings. The van der Waals surface area contributed by atoms with Crippen molar-refractivity contribution in [2.24, 2.45) is 17.6 Å². The van der Waals surface area contributed by atoms with Crippen LogP contribution in [0.5, 0.6) is 5.75 Å². The first kappa shape index (κ1) is 31.1. The summed E-state index contributed by atoms with van der Waals surface area (Å²) in [6.45, 7) is -0.295. The normalized spacial score (nSPS) is 24.8. The van der Waals surface area contributed by atoms with E-state index in [0.29, 0.717) is 11.3 Å². The molecule has 0 aliphatic heterocycles. The molecule has 0 aromatic heterocycles. The van der Waals surface area contributed by atoms with E-state index in [0.717, 1.165) is 12.1 Å². The zero-order valence-electron chi connectivity index (χ0n) is 24.6. The molecule has 1 amide bonds. The molecule has 5 rings (SSSR count). The molecule has 11 nitrogen and oxygen atoms in total. The molecule has 0 heterocycles. The number of amides is 1. The van der Waals surface area contributed by atoms with Gasteiger partial charge in [0.05, 0.1) is 11.6 Å². The van der Waals surface area contributed by atoms with Gasteiger partial charge in [-0.3, -0.25) is 19.3 Å². The molecule has 0 fully saturated rings. The molecule has 0 saturated heterocycles. The number of hydrogen-bond acceptors (Lipinski definition) is 10. The summed E-state index contributed by atoms with van der Waals surface area (Å²) in [4.78, 5) is 43.0. The molecule has 0 saturated carbocycles. The summed E-state index contributed by atoms with van der Waals surface area (Å²) in [5.74, 6) is -8.79. The van der Waals surface area contributed by atoms with Crippen LogP contribution in [0, 0.1) is 23.5 Å². The van der Waals surface area contributed by atoms with Gasteiger partial charge >= 0.3 is 0 Å². The lowest BCUT2D eigenvalue weighted by atomic mass is 9.58. The maximum Gasteiger partial charge on any atom is 0.255 e. The highest BCUT2D eigenvalue weighted by Crippen LogP contribution is 2.53. The van der Waals surface area contributed by atoms with Gasteiger partial charge < -0.3 is 36.4 Å². The van der Waals surface area contributed by atoms with Crippen LogP contribution in [0.25, 0.3) is 0 Å². The number of aromatic hydroxyl groups is 1. The number of rotatable bonds is 7. The van der Waals surface area contributed by atoms with Crippen molar-refractivity contribution in [3.63, 3.8) is 0 Å². The Morgan fingerprint density at radius 2 is 1.73 bits per heavy atom. The van der Waals surface area contributed by atoms with Gasteiger partial charge in [-0.1, -0.05) is 6.07 Å². The molecular formula is C31H34F2N4O7. The number of phenols is 1. The Morgan fingerprint density at radius 1 is 1.09 bits per heavy atom. The number of Topliss-reactive ketones (excluding diaryl/α,β-unsaturated/α-hetero) is 2. The number of allylic oxidation sites excluding steroid dienone is 1. The van der Waals surface area contributed by atoms with Crippen molar-refractivity contribution in [3.8, 4) is 5.75 Å². The fourth-order valence-electron chi connectivity index (χ4n) is 6.91. The van der Waals surface area contributed by atoms with E-state index in [1.165, 1.54) is 11.0 Å². The molecular weight excluding hydrogens is 578 g/mol. The van der Waals surface area contributed by atoms with E-state index in [1.807, 2.05) is 0 Å². The van der Waals surface area contributed by atoms with Gasteiger partial charge in [-0.2, -0.15) is 0 Å². The second-order valence-corrected chi connectivity index (χ2v) is 11.9. The third-order valence-electron chi connectivity index (χ3n) is 8.94. The van der Waals surface area contributed by atoms with E-state index >= 15 is 0 Å². The summed E-state index contributed by atoms with van der Waals surface area (Å²) in [6, 6.07) is 4.06. The molecule has 13 heteroatoms. The lowest BCUT2D eigenvalue weighted by Crippen LogP contribution is -2.63. The fourth-order valence-corrected chi connectivity index (χ4v) is 6.91. The molecule has 2 aromatic carbocycles. The van der Waals surface area contributed by atoms with E-state index in [2.05, 4.69) is 5.32 Å². The summed E-state index contributed by atoms with van der Waals surface area (Å²) in [6.07, 6.45) is 0.0979. The van der Waals surface area contributed by atoms with Gasteiger partial charge in [0, 0.05) is 55.5 Å². The Kier molecular flexibility index (Phi) is 7.77. The zero-order chi connectivity index (χ0) is 32.4. The first-order chi connectivity index (χ1) is 20.6. The first-order valence-electron chi connectivity index (χ1n) is 14.0. The summed E-state index contributed by atoms with van der Waals surface area (Å²) in [5, 5.41) is 48.4. The van der Waals surface area contributed by atoms with Crippen LogP contribution in [0.1, 0.15) is 33.5 Å². The quantitative estimate of drug-likeness (QED) is 0.253. The molecule has 3 aliphatic rings. The highest BCUT2D eigenvalue weighted by atomic mass is 19.1. The summed E-state index contributed by atoms with van der Waals surface area (Å²) < 4.78 is 28.3. The Balaban J connectivity index is 1.60. The zero-order valence-corrected chi connectivity index (χ0v) is 24.6. The predicted octanol–water partition coefficient (Wildman–Crippen LogP) is 1.75. The monoisotopic (exact) mass is 612 g/mol. The lowest BCUT2D eigenvalue weighted by molar-refractivity contribution is -0.148. The number of ketones is 2. The number of aliphatic hydroxyl groups is 3. The first-order valence-corrected chi connectivity index (χ1v) is 14.0. The largest absolute Gasteiger partial charge is 0.510 e. The standard InChI is InChI=1S/C31H34F2N4O7/c1-36(2)20-10-14(11-35-12-16-18(32)6-5-7-19(16)33)25(38)22-15(20)8-13-9-17-24(37(3)4)27(40)23(30(34)43)29(42)31(17,44)28(41)21(13)26(22)39/h5-7,10,13,17,24,35,38,40-41,44H,8-9,11-12H2,1-4H3,(H2,34,43)/t13-,17-,24-,31-/m0/s1. The number of anilines is 1. The number of hydrogen-bond donors (Lipinski definition) is 6. The molecule has 0 bridgehead atoms. The third kappa shape index (κ3) is 4.54. The summed E-state index contributed by atoms with van der Waals surface area (Å²) in [5.41, 5.74) is 2.41. The Labute approximate surface area is 251 Å². The van der Waals surface area contributed by atoms with Crippen LogP contribution in [-0.2, 0) is 29.1 Å². The topological polar surface area (TPSA) is 177 Å². The number of likely N-dealkylation sites (N-methyl/N-ethyl adjacent to an activating group) is 1. The van der Waals surface area contributed by atoms with Crippen molar-refractivity contribution in [2.75, 3.05) is 33.1 Å². The van der Waals surface area contributed by atoms with Gasteiger partial charge in [0.25, 0.3) is 5.91 Å². The van der Waals surface area contributed by atoms with Crippen molar-refractivity contribution in [1.29, 1.82) is 0 Å². The molecule has 0 spiro atoms. The SMILES string of the molecule is CN(C)c1cc(CNCc2c(F)cccc2F)c(O)c2c1C[C@H]1C[C@H]3[C@H](N(C)C)C(O)=C(C(N)=O)C(=O)[C@@]3(O)C(O)=C1C2=O. The highest BCUT2D eigenvalue weighted by Gasteiger charge is 2.63. The maximum absolute atomic E-state index is 14.1. The van der Waals surface area contributed by atoms with Crippen LogP contribution in [0.4, 0.5) is 14.5 Å². The number of fused-ring (bicyclic) bond motifs is 3. The predicted molar refractivity (Wildman–Crippen MR) is 155 cm³/mol. The number of aliphatic hydroxyl groups excluding tert-OH is 2. The molecule has 44 heavy (non-hydrogen) atoms. The third-order valence-corrected chi connectivity index (χ3v) is 8.94. The number of halogens is 2. The van der Waals surface area contributed by atoms with Crippen molar-refractivity contribution in [2.45, 2.75) is 37.6 Å². The van der Waals surface area contributed by atoms with Crippen molar-refractivity contribution < 1.29 is 43.6 Å². The van der Waals surface area contributed by atoms with Crippen LogP contribution in [0.2, 0.25) is 0 Å². The second kappa shape index (κ2) is 11.0. The van der Waals surface area contributed by atoms with E-state index < -0.39 is 75.4 Å². The molecule has 0 unspecified atom stereocenters. The number of primary amides is 1. The Hall–Kier alpha value is -4.33. The van der Waals surface area contributed by atoms with Gasteiger partial charge in [0.1, 0.15) is 34.5 Å².